The number of aromatic nitrogens is 5. The lowest BCUT2D eigenvalue weighted by Gasteiger charge is -2.16. The minimum absolute atomic E-state index is 0.0649. The van der Waals surface area contributed by atoms with Gasteiger partial charge in [-0.15, -0.1) is 0 Å². The third kappa shape index (κ3) is 10.1. The molecule has 0 saturated carbocycles. The molecule has 0 bridgehead atoms. The Kier molecular flexibility index (Phi) is 13.3. The number of primary amides is 2. The van der Waals surface area contributed by atoms with E-state index in [-0.39, 0.29) is 57.7 Å². The standard InChI is InChI=1S/C46H37F4N9O6/c47-41(48)31-14-8-7-13-30(31)38-32(44(64)54-35(39(60)42(51)62)19-25-9-3-1-4-10-25)23-58(56-38)22-28-17-18-53-34-21-27(15-16-29(28)34)37-33(24-59(57-37)46(49)50)45(65)55-36(40(61)43(52)63)20-26-11-5-2-6-12-26/h1-18,21,23-24,35-36,41,46H,19-20,22H2,(H2,51,62)(H2,52,63)(H,54,64)(H,55,65). The largest absolute Gasteiger partial charge is 0.363 e. The monoisotopic (exact) mass is 887 g/mol. The average Bonchev–Trinajstić information content (AvgIpc) is 3.95. The number of nitrogens with zero attached hydrogens (tertiary/aromatic N) is 5. The Morgan fingerprint density at radius 3 is 1.74 bits per heavy atom. The van der Waals surface area contributed by atoms with Crippen molar-refractivity contribution in [2.45, 2.75) is 44.4 Å². The number of hydrogen-bond donors (Lipinski definition) is 4. The minimum atomic E-state index is -3.16. The first kappa shape index (κ1) is 44.7. The number of hydrogen-bond acceptors (Lipinski definition) is 9. The number of pyridine rings is 1. The Labute approximate surface area is 366 Å². The Morgan fingerprint density at radius 2 is 1.18 bits per heavy atom. The van der Waals surface area contributed by atoms with E-state index in [2.05, 4.69) is 25.8 Å². The molecule has 7 rings (SSSR count). The molecule has 4 amide bonds. The number of rotatable bonds is 18. The number of carbonyl (C=O) groups excluding carboxylic acids is 6. The normalized spacial score (nSPS) is 12.2. The number of amides is 4. The first-order valence-corrected chi connectivity index (χ1v) is 19.8. The summed E-state index contributed by atoms with van der Waals surface area (Å²) in [6.07, 6.45) is 0.360. The molecule has 0 radical (unpaired) electrons. The maximum absolute atomic E-state index is 14.3. The molecule has 4 aromatic carbocycles. The van der Waals surface area contributed by atoms with Crippen molar-refractivity contribution in [3.05, 3.63) is 161 Å². The van der Waals surface area contributed by atoms with E-state index in [1.165, 1.54) is 53.5 Å². The topological polar surface area (TPSA) is 227 Å². The molecule has 330 valence electrons. The highest BCUT2D eigenvalue weighted by Crippen LogP contribution is 2.33. The minimum Gasteiger partial charge on any atom is -0.363 e. The molecular formula is C46H37F4N9O6. The fraction of sp³-hybridized carbons (Fsp3) is 0.152. The van der Waals surface area contributed by atoms with Crippen LogP contribution in [-0.2, 0) is 38.6 Å². The molecule has 19 heteroatoms. The van der Waals surface area contributed by atoms with Gasteiger partial charge in [-0.05, 0) is 28.8 Å². The van der Waals surface area contributed by atoms with Gasteiger partial charge in [-0.2, -0.15) is 19.0 Å². The number of carbonyl (C=O) groups is 6. The summed E-state index contributed by atoms with van der Waals surface area (Å²) < 4.78 is 58.4. The van der Waals surface area contributed by atoms with Crippen molar-refractivity contribution in [2.24, 2.45) is 11.5 Å². The van der Waals surface area contributed by atoms with Gasteiger partial charge in [0, 0.05) is 53.5 Å². The van der Waals surface area contributed by atoms with Crippen LogP contribution in [0.1, 0.15) is 55.9 Å². The Morgan fingerprint density at radius 1 is 0.631 bits per heavy atom. The predicted octanol–water partition coefficient (Wildman–Crippen LogP) is 5.13. The van der Waals surface area contributed by atoms with Crippen molar-refractivity contribution >= 4 is 46.1 Å². The molecule has 15 nitrogen and oxygen atoms in total. The van der Waals surface area contributed by atoms with Gasteiger partial charge in [0.05, 0.1) is 23.2 Å². The fourth-order valence-corrected chi connectivity index (χ4v) is 7.24. The number of fused-ring (bicyclic) bond motifs is 1. The van der Waals surface area contributed by atoms with Crippen molar-refractivity contribution in [3.8, 4) is 22.5 Å². The predicted molar refractivity (Wildman–Crippen MR) is 227 cm³/mol. The van der Waals surface area contributed by atoms with Crippen LogP contribution in [0.2, 0.25) is 0 Å². The third-order valence-corrected chi connectivity index (χ3v) is 10.4. The zero-order valence-corrected chi connectivity index (χ0v) is 33.9. The van der Waals surface area contributed by atoms with Gasteiger partial charge in [0.1, 0.15) is 23.5 Å². The molecule has 0 aliphatic heterocycles. The van der Waals surface area contributed by atoms with Crippen LogP contribution in [0.4, 0.5) is 17.6 Å². The van der Waals surface area contributed by atoms with Crippen molar-refractivity contribution in [2.75, 3.05) is 0 Å². The number of nitrogens with two attached hydrogens (primary N) is 2. The van der Waals surface area contributed by atoms with Gasteiger partial charge in [0.15, 0.2) is 0 Å². The lowest BCUT2D eigenvalue weighted by atomic mass is 9.99. The first-order valence-electron chi connectivity index (χ1n) is 19.8. The van der Waals surface area contributed by atoms with Gasteiger partial charge in [0.25, 0.3) is 30.1 Å². The SMILES string of the molecule is NC(=O)C(=O)C(Cc1ccccc1)NC(=O)c1cn(C(F)F)nc1-c1ccc2c(Cn3cc(C(=O)NC(Cc4ccccc4)C(=O)C(N)=O)c(-c4ccccc4C(F)F)n3)ccnc2c1. The van der Waals surface area contributed by atoms with E-state index in [4.69, 9.17) is 11.5 Å². The molecule has 0 aliphatic rings. The second kappa shape index (κ2) is 19.4. The van der Waals surface area contributed by atoms with Crippen LogP contribution in [0, 0.1) is 0 Å². The Hall–Kier alpha value is -8.35. The van der Waals surface area contributed by atoms with Crippen LogP contribution >= 0.6 is 0 Å². The first-order chi connectivity index (χ1) is 31.2. The van der Waals surface area contributed by atoms with Crippen molar-refractivity contribution in [1.29, 1.82) is 0 Å². The lowest BCUT2D eigenvalue weighted by Crippen LogP contribution is -2.47. The van der Waals surface area contributed by atoms with Gasteiger partial charge < -0.3 is 22.1 Å². The summed E-state index contributed by atoms with van der Waals surface area (Å²) in [6.45, 7) is -3.24. The van der Waals surface area contributed by atoms with Gasteiger partial charge in [-0.25, -0.2) is 13.5 Å². The van der Waals surface area contributed by atoms with E-state index in [0.717, 1.165) is 6.20 Å². The summed E-state index contributed by atoms with van der Waals surface area (Å²) in [7, 11) is 0. The van der Waals surface area contributed by atoms with E-state index < -0.39 is 65.8 Å². The van der Waals surface area contributed by atoms with Gasteiger partial charge in [0.2, 0.25) is 11.6 Å². The average molecular weight is 888 g/mol. The molecule has 3 heterocycles. The van der Waals surface area contributed by atoms with E-state index >= 15 is 0 Å². The smallest absolute Gasteiger partial charge is 0.333 e. The summed E-state index contributed by atoms with van der Waals surface area (Å²) in [4.78, 5) is 81.8. The highest BCUT2D eigenvalue weighted by atomic mass is 19.3. The molecule has 3 aromatic heterocycles. The molecule has 0 aliphatic carbocycles. The molecule has 65 heavy (non-hydrogen) atoms. The third-order valence-electron chi connectivity index (χ3n) is 10.4. The van der Waals surface area contributed by atoms with Crippen LogP contribution in [-0.4, -0.2) is 71.8 Å². The number of Topliss-reactive ketones (excluding diaryl/α,β-unsaturated/α-hetero) is 2. The number of alkyl halides is 4. The van der Waals surface area contributed by atoms with Crippen LogP contribution in [0.15, 0.2) is 128 Å². The maximum atomic E-state index is 14.3. The van der Waals surface area contributed by atoms with Crippen LogP contribution in [0.25, 0.3) is 33.4 Å². The van der Waals surface area contributed by atoms with Gasteiger partial charge in [-0.3, -0.25) is 38.4 Å². The second-order valence-electron chi connectivity index (χ2n) is 14.7. The summed E-state index contributed by atoms with van der Waals surface area (Å²) >= 11 is 0. The van der Waals surface area contributed by atoms with E-state index in [9.17, 15) is 46.3 Å². The van der Waals surface area contributed by atoms with Crippen LogP contribution in [0.3, 0.4) is 0 Å². The second-order valence-corrected chi connectivity index (χ2v) is 14.7. The molecule has 0 saturated heterocycles. The summed E-state index contributed by atoms with van der Waals surface area (Å²) in [5.74, 6) is -6.66. The maximum Gasteiger partial charge on any atom is 0.333 e. The van der Waals surface area contributed by atoms with E-state index in [1.54, 1.807) is 72.8 Å². The molecule has 0 fully saturated rings. The summed E-state index contributed by atoms with van der Waals surface area (Å²) in [5.41, 5.74) is 11.4. The quantitative estimate of drug-likeness (QED) is 0.0661. The summed E-state index contributed by atoms with van der Waals surface area (Å²) in [5, 5.41) is 14.0. The van der Waals surface area contributed by atoms with Crippen molar-refractivity contribution in [3.63, 3.8) is 0 Å². The lowest BCUT2D eigenvalue weighted by molar-refractivity contribution is -0.137. The molecule has 2 atom stereocenters. The molecular weight excluding hydrogens is 851 g/mol. The Bertz CT molecular complexity index is 2940. The van der Waals surface area contributed by atoms with E-state index in [1.807, 2.05) is 0 Å². The highest BCUT2D eigenvalue weighted by Gasteiger charge is 2.31. The van der Waals surface area contributed by atoms with Crippen LogP contribution in [0.5, 0.6) is 0 Å². The van der Waals surface area contributed by atoms with Gasteiger partial charge >= 0.3 is 6.55 Å². The molecule has 7 aromatic rings. The zero-order valence-electron chi connectivity index (χ0n) is 33.9. The number of halogens is 4. The number of benzene rings is 4. The number of ketones is 2. The molecule has 2 unspecified atom stereocenters. The fourth-order valence-electron chi connectivity index (χ4n) is 7.24. The Balaban J connectivity index is 1.22. The van der Waals surface area contributed by atoms with Gasteiger partial charge in [-0.1, -0.05) is 97.1 Å². The van der Waals surface area contributed by atoms with Crippen molar-refractivity contribution < 1.29 is 46.3 Å². The highest BCUT2D eigenvalue weighted by molar-refractivity contribution is 6.38. The van der Waals surface area contributed by atoms with E-state index in [0.29, 0.717) is 27.6 Å². The summed E-state index contributed by atoms with van der Waals surface area (Å²) in [6, 6.07) is 25.8. The van der Waals surface area contributed by atoms with Crippen LogP contribution < -0.4 is 22.1 Å². The molecule has 6 N–H and O–H groups in total. The zero-order chi connectivity index (χ0) is 46.4. The molecule has 0 spiro atoms. The van der Waals surface area contributed by atoms with Crippen molar-refractivity contribution in [1.82, 2.24) is 35.2 Å². The number of nitrogens with one attached hydrogen (secondary N) is 2.